The molecule has 5 heteroatoms. The number of rotatable bonds is 2. The summed E-state index contributed by atoms with van der Waals surface area (Å²) in [5, 5.41) is 8.94. The molecule has 0 spiro atoms. The Morgan fingerprint density at radius 1 is 1.41 bits per heavy atom. The molecule has 17 heavy (non-hydrogen) atoms. The van der Waals surface area contributed by atoms with Gasteiger partial charge in [-0.05, 0) is 31.4 Å². The summed E-state index contributed by atoms with van der Waals surface area (Å²) in [6.45, 7) is 0.863. The van der Waals surface area contributed by atoms with Crippen LogP contribution in [-0.4, -0.2) is 27.3 Å². The molecule has 0 bridgehead atoms. The van der Waals surface area contributed by atoms with Gasteiger partial charge in [-0.15, -0.1) is 10.2 Å². The summed E-state index contributed by atoms with van der Waals surface area (Å²) in [6.07, 6.45) is 6.54. The minimum absolute atomic E-state index is 0.273. The monoisotopic (exact) mass is 251 g/mol. The van der Waals surface area contributed by atoms with E-state index in [0.717, 1.165) is 30.9 Å². The van der Waals surface area contributed by atoms with E-state index < -0.39 is 0 Å². The van der Waals surface area contributed by atoms with Crippen molar-refractivity contribution in [3.8, 4) is 0 Å². The van der Waals surface area contributed by atoms with Gasteiger partial charge in [-0.25, -0.2) is 0 Å². The number of pyridine rings is 1. The number of aromatic nitrogens is 3. The van der Waals surface area contributed by atoms with E-state index in [1.165, 1.54) is 12.8 Å². The average molecular weight is 252 g/mol. The van der Waals surface area contributed by atoms with Crippen LogP contribution in [0.4, 0.5) is 0 Å². The summed E-state index contributed by atoms with van der Waals surface area (Å²) in [4.78, 5) is 0. The second kappa shape index (κ2) is 4.63. The number of nitrogens with zero attached hydrogens (tertiary/aromatic N) is 3. The molecule has 2 aromatic rings. The Labute approximate surface area is 105 Å². The Morgan fingerprint density at radius 2 is 2.35 bits per heavy atom. The molecule has 0 N–H and O–H groups in total. The van der Waals surface area contributed by atoms with Crippen LogP contribution >= 0.6 is 11.6 Å². The predicted molar refractivity (Wildman–Crippen MR) is 65.3 cm³/mol. The molecule has 4 nitrogen and oxygen atoms in total. The Kier molecular flexibility index (Phi) is 2.99. The van der Waals surface area contributed by atoms with Gasteiger partial charge < -0.3 is 4.74 Å². The van der Waals surface area contributed by atoms with Gasteiger partial charge in [0.1, 0.15) is 5.82 Å². The summed E-state index contributed by atoms with van der Waals surface area (Å²) >= 11 is 6.06. The van der Waals surface area contributed by atoms with Crippen LogP contribution in [0.1, 0.15) is 25.1 Å². The molecular formula is C12H14ClN3O. The normalized spacial score (nSPS) is 20.9. The van der Waals surface area contributed by atoms with E-state index in [1.807, 2.05) is 22.7 Å². The predicted octanol–water partition coefficient (Wildman–Crippen LogP) is 2.49. The molecule has 1 aliphatic heterocycles. The highest BCUT2D eigenvalue weighted by Crippen LogP contribution is 2.19. The standard InChI is InChI=1S/C12H14ClN3O/c13-10-5-3-6-16-11(14-15-12(10)16)8-9-4-1-2-7-17-9/h3,5-6,9H,1-2,4,7-8H2. The number of ether oxygens (including phenoxy) is 1. The Hall–Kier alpha value is -1.13. The van der Waals surface area contributed by atoms with E-state index >= 15 is 0 Å². The van der Waals surface area contributed by atoms with E-state index in [-0.39, 0.29) is 6.10 Å². The second-order valence-corrected chi connectivity index (χ2v) is 4.77. The highest BCUT2D eigenvalue weighted by molar-refractivity contribution is 6.33. The van der Waals surface area contributed by atoms with Crippen LogP contribution < -0.4 is 0 Å². The van der Waals surface area contributed by atoms with Gasteiger partial charge in [-0.2, -0.15) is 0 Å². The zero-order chi connectivity index (χ0) is 11.7. The first kappa shape index (κ1) is 11.0. The summed E-state index contributed by atoms with van der Waals surface area (Å²) < 4.78 is 7.66. The minimum Gasteiger partial charge on any atom is -0.378 e. The maximum Gasteiger partial charge on any atom is 0.179 e. The molecule has 0 aromatic carbocycles. The van der Waals surface area contributed by atoms with Crippen molar-refractivity contribution in [1.82, 2.24) is 14.6 Å². The number of halogens is 1. The Morgan fingerprint density at radius 3 is 3.18 bits per heavy atom. The molecule has 1 unspecified atom stereocenters. The fourth-order valence-corrected chi connectivity index (χ4v) is 2.44. The topological polar surface area (TPSA) is 39.4 Å². The lowest BCUT2D eigenvalue weighted by Gasteiger charge is -2.21. The van der Waals surface area contributed by atoms with Gasteiger partial charge in [0, 0.05) is 19.2 Å². The lowest BCUT2D eigenvalue weighted by Crippen LogP contribution is -2.22. The van der Waals surface area contributed by atoms with E-state index in [4.69, 9.17) is 16.3 Å². The Bertz CT molecular complexity index is 519. The van der Waals surface area contributed by atoms with Crippen LogP contribution in [0, 0.1) is 0 Å². The summed E-state index contributed by atoms with van der Waals surface area (Å²) in [6, 6.07) is 3.73. The van der Waals surface area contributed by atoms with Crippen LogP contribution in [0.15, 0.2) is 18.3 Å². The largest absolute Gasteiger partial charge is 0.378 e. The molecule has 3 rings (SSSR count). The maximum absolute atomic E-state index is 6.06. The zero-order valence-corrected chi connectivity index (χ0v) is 10.2. The van der Waals surface area contributed by atoms with E-state index in [9.17, 15) is 0 Å². The van der Waals surface area contributed by atoms with Gasteiger partial charge in [0.25, 0.3) is 0 Å². The van der Waals surface area contributed by atoms with Gasteiger partial charge >= 0.3 is 0 Å². The summed E-state index contributed by atoms with van der Waals surface area (Å²) in [5.74, 6) is 0.925. The SMILES string of the molecule is Clc1cccn2c(CC3CCCCO3)nnc12. The molecule has 0 amide bonds. The lowest BCUT2D eigenvalue weighted by molar-refractivity contribution is 0.0155. The van der Waals surface area contributed by atoms with Gasteiger partial charge in [-0.3, -0.25) is 4.40 Å². The molecule has 1 aliphatic rings. The van der Waals surface area contributed by atoms with E-state index in [1.54, 1.807) is 0 Å². The number of hydrogen-bond donors (Lipinski definition) is 0. The first-order valence-corrected chi connectivity index (χ1v) is 6.32. The number of hydrogen-bond acceptors (Lipinski definition) is 3. The maximum atomic E-state index is 6.06. The third-order valence-electron chi connectivity index (χ3n) is 3.14. The average Bonchev–Trinajstić information content (AvgIpc) is 2.76. The highest BCUT2D eigenvalue weighted by Gasteiger charge is 2.17. The van der Waals surface area contributed by atoms with Gasteiger partial charge in [0.05, 0.1) is 11.1 Å². The lowest BCUT2D eigenvalue weighted by atomic mass is 10.1. The van der Waals surface area contributed by atoms with Crippen LogP contribution in [0.2, 0.25) is 5.02 Å². The molecule has 1 saturated heterocycles. The fraction of sp³-hybridized carbons (Fsp3) is 0.500. The Balaban J connectivity index is 1.87. The molecule has 2 aromatic heterocycles. The minimum atomic E-state index is 0.273. The van der Waals surface area contributed by atoms with Crippen molar-refractivity contribution in [3.63, 3.8) is 0 Å². The van der Waals surface area contributed by atoms with Crippen molar-refractivity contribution in [2.45, 2.75) is 31.8 Å². The molecule has 0 saturated carbocycles. The third-order valence-corrected chi connectivity index (χ3v) is 3.44. The smallest absolute Gasteiger partial charge is 0.179 e. The number of fused-ring (bicyclic) bond motifs is 1. The van der Waals surface area contributed by atoms with Crippen molar-refractivity contribution in [2.75, 3.05) is 6.61 Å². The second-order valence-electron chi connectivity index (χ2n) is 4.36. The molecule has 1 atom stereocenters. The van der Waals surface area contributed by atoms with Crippen molar-refractivity contribution in [2.24, 2.45) is 0 Å². The summed E-state index contributed by atoms with van der Waals surface area (Å²) in [7, 11) is 0. The van der Waals surface area contributed by atoms with E-state index in [2.05, 4.69) is 10.2 Å². The van der Waals surface area contributed by atoms with Gasteiger partial charge in [0.2, 0.25) is 0 Å². The molecular weight excluding hydrogens is 238 g/mol. The van der Waals surface area contributed by atoms with Gasteiger partial charge in [0.15, 0.2) is 5.65 Å². The van der Waals surface area contributed by atoms with Gasteiger partial charge in [-0.1, -0.05) is 11.6 Å². The molecule has 0 aliphatic carbocycles. The van der Waals surface area contributed by atoms with Crippen LogP contribution in [-0.2, 0) is 11.2 Å². The van der Waals surface area contributed by atoms with Crippen molar-refractivity contribution in [1.29, 1.82) is 0 Å². The highest BCUT2D eigenvalue weighted by atomic mass is 35.5. The summed E-state index contributed by atoms with van der Waals surface area (Å²) in [5.41, 5.74) is 0.722. The fourth-order valence-electron chi connectivity index (χ4n) is 2.24. The van der Waals surface area contributed by atoms with Crippen molar-refractivity contribution >= 4 is 17.2 Å². The van der Waals surface area contributed by atoms with E-state index in [0.29, 0.717) is 5.02 Å². The molecule has 0 radical (unpaired) electrons. The van der Waals surface area contributed by atoms with Crippen LogP contribution in [0.3, 0.4) is 0 Å². The zero-order valence-electron chi connectivity index (χ0n) is 9.47. The first-order chi connectivity index (χ1) is 8.34. The first-order valence-electron chi connectivity index (χ1n) is 5.94. The van der Waals surface area contributed by atoms with Crippen molar-refractivity contribution < 1.29 is 4.74 Å². The quantitative estimate of drug-likeness (QED) is 0.823. The van der Waals surface area contributed by atoms with Crippen LogP contribution in [0.25, 0.3) is 5.65 Å². The molecule has 90 valence electrons. The third kappa shape index (κ3) is 2.15. The molecule has 3 heterocycles. The molecule has 1 fully saturated rings. The van der Waals surface area contributed by atoms with Crippen LogP contribution in [0.5, 0.6) is 0 Å². The van der Waals surface area contributed by atoms with Crippen molar-refractivity contribution in [3.05, 3.63) is 29.2 Å².